The summed E-state index contributed by atoms with van der Waals surface area (Å²) >= 11 is 6.09. The van der Waals surface area contributed by atoms with Gasteiger partial charge >= 0.3 is 0 Å². The van der Waals surface area contributed by atoms with E-state index in [-0.39, 0.29) is 17.9 Å². The van der Waals surface area contributed by atoms with Crippen molar-refractivity contribution in [1.82, 2.24) is 20.2 Å². The zero-order valence-corrected chi connectivity index (χ0v) is 13.7. The molecule has 1 aromatic heterocycles. The summed E-state index contributed by atoms with van der Waals surface area (Å²) in [5.41, 5.74) is 0.813. The van der Waals surface area contributed by atoms with Gasteiger partial charge in [0.2, 0.25) is 0 Å². The monoisotopic (exact) mass is 344 g/mol. The molecule has 1 N–H and O–H groups in total. The van der Waals surface area contributed by atoms with Crippen LogP contribution in [0.1, 0.15) is 33.7 Å². The fourth-order valence-electron chi connectivity index (χ4n) is 2.71. The van der Waals surface area contributed by atoms with Crippen LogP contribution in [0.4, 0.5) is 0 Å². The van der Waals surface area contributed by atoms with Crippen LogP contribution in [-0.2, 0) is 0 Å². The summed E-state index contributed by atoms with van der Waals surface area (Å²) in [7, 11) is 0. The second kappa shape index (κ2) is 7.40. The quantitative estimate of drug-likeness (QED) is 0.925. The van der Waals surface area contributed by atoms with E-state index >= 15 is 0 Å². The molecule has 2 aromatic rings. The van der Waals surface area contributed by atoms with Gasteiger partial charge < -0.3 is 10.2 Å². The third-order valence-electron chi connectivity index (χ3n) is 4.02. The van der Waals surface area contributed by atoms with Crippen LogP contribution in [0.2, 0.25) is 5.02 Å². The number of nitrogens with zero attached hydrogens (tertiary/aromatic N) is 3. The highest BCUT2D eigenvalue weighted by Crippen LogP contribution is 2.20. The number of amides is 2. The van der Waals surface area contributed by atoms with Gasteiger partial charge in [-0.15, -0.1) is 0 Å². The highest BCUT2D eigenvalue weighted by Gasteiger charge is 2.26. The molecule has 1 aliphatic rings. The van der Waals surface area contributed by atoms with Gasteiger partial charge in [0.05, 0.1) is 16.8 Å². The van der Waals surface area contributed by atoms with Crippen molar-refractivity contribution in [3.05, 3.63) is 59.1 Å². The fourth-order valence-corrected chi connectivity index (χ4v) is 2.92. The third-order valence-corrected chi connectivity index (χ3v) is 4.35. The standard InChI is InChI=1S/C17H17ClN4O2/c18-14-4-2-1-3-13(14)17(24)22-9-5-12(6-10-22)21-16(23)15-11-19-7-8-20-15/h1-4,7-8,11-12H,5-6,9-10H2,(H,21,23). The lowest BCUT2D eigenvalue weighted by atomic mass is 10.0. The molecular formula is C17H17ClN4O2. The van der Waals surface area contributed by atoms with Crippen LogP contribution >= 0.6 is 11.6 Å². The van der Waals surface area contributed by atoms with Crippen molar-refractivity contribution in [1.29, 1.82) is 0 Å². The van der Waals surface area contributed by atoms with Crippen LogP contribution in [-0.4, -0.2) is 45.8 Å². The smallest absolute Gasteiger partial charge is 0.271 e. The molecule has 0 saturated carbocycles. The van der Waals surface area contributed by atoms with Gasteiger partial charge in [-0.25, -0.2) is 4.98 Å². The van der Waals surface area contributed by atoms with Gasteiger partial charge in [-0.1, -0.05) is 23.7 Å². The molecule has 1 aromatic carbocycles. The summed E-state index contributed by atoms with van der Waals surface area (Å²) in [6, 6.07) is 7.06. The molecule has 7 heteroatoms. The SMILES string of the molecule is O=C(NC1CCN(C(=O)c2ccccc2Cl)CC1)c1cnccn1. The Bertz CT molecular complexity index is 730. The van der Waals surface area contributed by atoms with Crippen molar-refractivity contribution in [2.75, 3.05) is 13.1 Å². The molecule has 3 rings (SSSR count). The number of carbonyl (C=O) groups excluding carboxylic acids is 2. The normalized spacial score (nSPS) is 15.1. The predicted octanol–water partition coefficient (Wildman–Crippen LogP) is 2.16. The first-order chi connectivity index (χ1) is 11.6. The number of rotatable bonds is 3. The van der Waals surface area contributed by atoms with Crippen molar-refractivity contribution < 1.29 is 9.59 Å². The van der Waals surface area contributed by atoms with Crippen LogP contribution in [0.15, 0.2) is 42.9 Å². The van der Waals surface area contributed by atoms with E-state index in [1.54, 1.807) is 29.2 Å². The van der Waals surface area contributed by atoms with E-state index in [1.165, 1.54) is 18.6 Å². The van der Waals surface area contributed by atoms with E-state index < -0.39 is 0 Å². The van der Waals surface area contributed by atoms with E-state index in [0.717, 1.165) is 0 Å². The second-order valence-electron chi connectivity index (χ2n) is 5.61. The van der Waals surface area contributed by atoms with Crippen LogP contribution in [0.5, 0.6) is 0 Å². The lowest BCUT2D eigenvalue weighted by Gasteiger charge is -2.32. The van der Waals surface area contributed by atoms with Gasteiger partial charge in [0.1, 0.15) is 5.69 Å². The number of aromatic nitrogens is 2. The first-order valence-electron chi connectivity index (χ1n) is 7.76. The van der Waals surface area contributed by atoms with Crippen LogP contribution in [0.3, 0.4) is 0 Å². The lowest BCUT2D eigenvalue weighted by molar-refractivity contribution is 0.0698. The molecular weight excluding hydrogens is 328 g/mol. The summed E-state index contributed by atoms with van der Waals surface area (Å²) in [6.07, 6.45) is 5.84. The number of hydrogen-bond acceptors (Lipinski definition) is 4. The average Bonchev–Trinajstić information content (AvgIpc) is 2.63. The maximum atomic E-state index is 12.5. The zero-order valence-electron chi connectivity index (χ0n) is 13.0. The van der Waals surface area contributed by atoms with E-state index in [4.69, 9.17) is 11.6 Å². The molecule has 0 unspecified atom stereocenters. The minimum Gasteiger partial charge on any atom is -0.348 e. The molecule has 24 heavy (non-hydrogen) atoms. The summed E-state index contributed by atoms with van der Waals surface area (Å²) in [5, 5.41) is 3.40. The minimum atomic E-state index is -0.237. The number of hydrogen-bond donors (Lipinski definition) is 1. The fraction of sp³-hybridized carbons (Fsp3) is 0.294. The maximum absolute atomic E-state index is 12.5. The summed E-state index contributed by atoms with van der Waals surface area (Å²) < 4.78 is 0. The number of benzene rings is 1. The number of piperidine rings is 1. The van der Waals surface area contributed by atoms with Gasteiger partial charge in [-0.05, 0) is 25.0 Å². The molecule has 0 spiro atoms. The van der Waals surface area contributed by atoms with Crippen molar-refractivity contribution in [3.8, 4) is 0 Å². The van der Waals surface area contributed by atoms with Gasteiger partial charge in [0.15, 0.2) is 0 Å². The number of carbonyl (C=O) groups is 2. The summed E-state index contributed by atoms with van der Waals surface area (Å²) in [6.45, 7) is 1.16. The largest absolute Gasteiger partial charge is 0.348 e. The Kier molecular flexibility index (Phi) is 5.05. The van der Waals surface area contributed by atoms with Gasteiger partial charge in [-0.3, -0.25) is 14.6 Å². The molecule has 0 bridgehead atoms. The van der Waals surface area contributed by atoms with E-state index in [1.807, 2.05) is 0 Å². The van der Waals surface area contributed by atoms with E-state index in [9.17, 15) is 9.59 Å². The predicted molar refractivity (Wildman–Crippen MR) is 89.9 cm³/mol. The average molecular weight is 345 g/mol. The molecule has 6 nitrogen and oxygen atoms in total. The Morgan fingerprint density at radius 3 is 2.58 bits per heavy atom. The molecule has 1 saturated heterocycles. The lowest BCUT2D eigenvalue weighted by Crippen LogP contribution is -2.46. The Labute approximate surface area is 144 Å². The van der Waals surface area contributed by atoms with Crippen molar-refractivity contribution in [2.24, 2.45) is 0 Å². The van der Waals surface area contributed by atoms with Crippen molar-refractivity contribution in [2.45, 2.75) is 18.9 Å². The van der Waals surface area contributed by atoms with E-state index in [2.05, 4.69) is 15.3 Å². The molecule has 0 radical (unpaired) electrons. The first-order valence-corrected chi connectivity index (χ1v) is 8.13. The number of likely N-dealkylation sites (tertiary alicyclic amines) is 1. The molecule has 2 amide bonds. The maximum Gasteiger partial charge on any atom is 0.271 e. The number of nitrogens with one attached hydrogen (secondary N) is 1. The first kappa shape index (κ1) is 16.4. The highest BCUT2D eigenvalue weighted by molar-refractivity contribution is 6.33. The van der Waals surface area contributed by atoms with Crippen LogP contribution in [0.25, 0.3) is 0 Å². The molecule has 1 fully saturated rings. The Morgan fingerprint density at radius 2 is 1.92 bits per heavy atom. The van der Waals surface area contributed by atoms with Gasteiger partial charge in [0, 0.05) is 31.5 Å². The van der Waals surface area contributed by atoms with Crippen LogP contribution < -0.4 is 5.32 Å². The molecule has 1 aliphatic heterocycles. The molecule has 0 aliphatic carbocycles. The molecule has 0 atom stereocenters. The highest BCUT2D eigenvalue weighted by atomic mass is 35.5. The third kappa shape index (κ3) is 3.71. The van der Waals surface area contributed by atoms with Crippen molar-refractivity contribution >= 4 is 23.4 Å². The molecule has 124 valence electrons. The Balaban J connectivity index is 1.55. The Morgan fingerprint density at radius 1 is 1.17 bits per heavy atom. The molecule has 2 heterocycles. The van der Waals surface area contributed by atoms with Crippen LogP contribution in [0, 0.1) is 0 Å². The van der Waals surface area contributed by atoms with Gasteiger partial charge in [0.25, 0.3) is 11.8 Å². The summed E-state index contributed by atoms with van der Waals surface area (Å²) in [4.78, 5) is 34.2. The van der Waals surface area contributed by atoms with E-state index in [0.29, 0.717) is 42.2 Å². The van der Waals surface area contributed by atoms with Gasteiger partial charge in [-0.2, -0.15) is 0 Å². The van der Waals surface area contributed by atoms with Crippen molar-refractivity contribution in [3.63, 3.8) is 0 Å². The second-order valence-corrected chi connectivity index (χ2v) is 6.02. The minimum absolute atomic E-state index is 0.0230. The topological polar surface area (TPSA) is 75.2 Å². The number of halogens is 1. The Hall–Kier alpha value is -2.47. The zero-order chi connectivity index (χ0) is 16.9. The summed E-state index contributed by atoms with van der Waals surface area (Å²) in [5.74, 6) is -0.307.